The van der Waals surface area contributed by atoms with Crippen molar-refractivity contribution in [2.24, 2.45) is 11.8 Å². The van der Waals surface area contributed by atoms with Crippen molar-refractivity contribution in [1.29, 1.82) is 0 Å². The molecule has 1 aliphatic carbocycles. The molecule has 0 spiro atoms. The molecule has 1 aromatic carbocycles. The summed E-state index contributed by atoms with van der Waals surface area (Å²) >= 11 is 0. The lowest BCUT2D eigenvalue weighted by atomic mass is 10.0. The fourth-order valence-corrected chi connectivity index (χ4v) is 3.64. The van der Waals surface area contributed by atoms with Crippen molar-refractivity contribution < 1.29 is 15.0 Å². The standard InChI is InChI=1S/C16H21NO3/c18-14-3-1-11(2-4-14)5-16(20)10-17-8-12-6-15(19)7-13(12)9-17/h1-4,12-13,15,18-19H,5-10H2/t12-,13+,15?. The predicted molar refractivity (Wildman–Crippen MR) is 75.5 cm³/mol. The molecule has 1 saturated heterocycles. The van der Waals surface area contributed by atoms with Crippen molar-refractivity contribution in [3.05, 3.63) is 29.8 Å². The third-order valence-electron chi connectivity index (χ3n) is 4.54. The predicted octanol–water partition coefficient (Wildman–Crippen LogP) is 1.21. The van der Waals surface area contributed by atoms with Crippen molar-refractivity contribution in [3.8, 4) is 5.75 Å². The molecule has 3 atom stereocenters. The molecule has 108 valence electrons. The third kappa shape index (κ3) is 3.02. The number of nitrogens with zero attached hydrogens (tertiary/aromatic N) is 1. The summed E-state index contributed by atoms with van der Waals surface area (Å²) in [6.45, 7) is 2.40. The van der Waals surface area contributed by atoms with Crippen molar-refractivity contribution in [1.82, 2.24) is 4.90 Å². The van der Waals surface area contributed by atoms with Gasteiger partial charge in [-0.25, -0.2) is 0 Å². The third-order valence-corrected chi connectivity index (χ3v) is 4.54. The minimum atomic E-state index is -0.125. The summed E-state index contributed by atoms with van der Waals surface area (Å²) in [5.74, 6) is 1.60. The molecule has 0 radical (unpaired) electrons. The smallest absolute Gasteiger partial charge is 0.151 e. The van der Waals surface area contributed by atoms with Crippen LogP contribution < -0.4 is 0 Å². The van der Waals surface area contributed by atoms with Crippen LogP contribution in [-0.4, -0.2) is 46.6 Å². The molecule has 0 bridgehead atoms. The second-order valence-corrected chi connectivity index (χ2v) is 6.22. The molecule has 1 unspecified atom stereocenters. The molecular formula is C16H21NO3. The Kier molecular flexibility index (Phi) is 3.76. The highest BCUT2D eigenvalue weighted by molar-refractivity contribution is 5.82. The maximum Gasteiger partial charge on any atom is 0.151 e. The molecular weight excluding hydrogens is 254 g/mol. The van der Waals surface area contributed by atoms with Crippen LogP contribution in [0.3, 0.4) is 0 Å². The van der Waals surface area contributed by atoms with Crippen LogP contribution in [0.4, 0.5) is 0 Å². The van der Waals surface area contributed by atoms with E-state index in [-0.39, 0.29) is 17.6 Å². The van der Waals surface area contributed by atoms with Gasteiger partial charge in [-0.05, 0) is 42.4 Å². The van der Waals surface area contributed by atoms with Crippen LogP contribution in [0.1, 0.15) is 18.4 Å². The molecule has 1 saturated carbocycles. The molecule has 1 aromatic rings. The number of aromatic hydroxyl groups is 1. The van der Waals surface area contributed by atoms with Crippen LogP contribution in [-0.2, 0) is 11.2 Å². The van der Waals surface area contributed by atoms with Crippen molar-refractivity contribution in [3.63, 3.8) is 0 Å². The van der Waals surface area contributed by atoms with Crippen molar-refractivity contribution >= 4 is 5.78 Å². The highest BCUT2D eigenvalue weighted by Gasteiger charge is 2.40. The first-order valence-corrected chi connectivity index (χ1v) is 7.30. The number of carbonyl (C=O) groups excluding carboxylic acids is 1. The maximum atomic E-state index is 12.1. The Morgan fingerprint density at radius 2 is 1.75 bits per heavy atom. The number of benzene rings is 1. The van der Waals surface area contributed by atoms with Gasteiger partial charge in [0.1, 0.15) is 5.75 Å². The van der Waals surface area contributed by atoms with Crippen molar-refractivity contribution in [2.75, 3.05) is 19.6 Å². The quantitative estimate of drug-likeness (QED) is 0.867. The first kappa shape index (κ1) is 13.6. The van der Waals surface area contributed by atoms with Crippen molar-refractivity contribution in [2.45, 2.75) is 25.4 Å². The topological polar surface area (TPSA) is 60.8 Å². The van der Waals surface area contributed by atoms with Crippen LogP contribution in [0.2, 0.25) is 0 Å². The molecule has 2 fully saturated rings. The Hall–Kier alpha value is -1.39. The summed E-state index contributed by atoms with van der Waals surface area (Å²) < 4.78 is 0. The number of phenolic OH excluding ortho intramolecular Hbond substituents is 1. The molecule has 1 heterocycles. The molecule has 20 heavy (non-hydrogen) atoms. The fourth-order valence-electron chi connectivity index (χ4n) is 3.64. The number of rotatable bonds is 4. The maximum absolute atomic E-state index is 12.1. The Labute approximate surface area is 119 Å². The second kappa shape index (κ2) is 5.54. The van der Waals surface area contributed by atoms with E-state index < -0.39 is 0 Å². The number of hydrogen-bond acceptors (Lipinski definition) is 4. The van der Waals surface area contributed by atoms with Gasteiger partial charge in [0.05, 0.1) is 12.6 Å². The lowest BCUT2D eigenvalue weighted by Gasteiger charge is -2.16. The number of aliphatic hydroxyl groups is 1. The van der Waals surface area contributed by atoms with Gasteiger partial charge >= 0.3 is 0 Å². The van der Waals surface area contributed by atoms with E-state index in [1.807, 2.05) is 0 Å². The summed E-state index contributed by atoms with van der Waals surface area (Å²) in [4.78, 5) is 14.3. The van der Waals surface area contributed by atoms with E-state index >= 15 is 0 Å². The van der Waals surface area contributed by atoms with E-state index in [2.05, 4.69) is 4.90 Å². The summed E-state index contributed by atoms with van der Waals surface area (Å²) in [5.41, 5.74) is 0.947. The minimum Gasteiger partial charge on any atom is -0.508 e. The Morgan fingerprint density at radius 1 is 1.15 bits per heavy atom. The average Bonchev–Trinajstić information content (AvgIpc) is 2.88. The van der Waals surface area contributed by atoms with Gasteiger partial charge in [-0.2, -0.15) is 0 Å². The lowest BCUT2D eigenvalue weighted by Crippen LogP contribution is -2.30. The zero-order chi connectivity index (χ0) is 14.1. The molecule has 2 N–H and O–H groups in total. The van der Waals surface area contributed by atoms with Gasteiger partial charge in [0, 0.05) is 19.5 Å². The zero-order valence-corrected chi connectivity index (χ0v) is 11.5. The summed E-state index contributed by atoms with van der Waals surface area (Å²) in [6.07, 6.45) is 2.09. The number of fused-ring (bicyclic) bond motifs is 1. The first-order valence-electron chi connectivity index (χ1n) is 7.30. The molecule has 1 aliphatic heterocycles. The monoisotopic (exact) mass is 275 g/mol. The average molecular weight is 275 g/mol. The van der Waals surface area contributed by atoms with Crippen LogP contribution in [0.15, 0.2) is 24.3 Å². The Balaban J connectivity index is 1.49. The molecule has 0 amide bonds. The molecule has 3 rings (SSSR count). The van der Waals surface area contributed by atoms with Crippen LogP contribution in [0.5, 0.6) is 5.75 Å². The molecule has 2 aliphatic rings. The van der Waals surface area contributed by atoms with Crippen LogP contribution >= 0.6 is 0 Å². The number of aliphatic hydroxyl groups excluding tert-OH is 1. The van der Waals surface area contributed by atoms with Gasteiger partial charge in [-0.1, -0.05) is 12.1 Å². The van der Waals surface area contributed by atoms with Gasteiger partial charge in [0.25, 0.3) is 0 Å². The van der Waals surface area contributed by atoms with Gasteiger partial charge in [0.15, 0.2) is 5.78 Å². The van der Waals surface area contributed by atoms with E-state index in [1.165, 1.54) is 0 Å². The first-order chi connectivity index (χ1) is 9.60. The van der Waals surface area contributed by atoms with Gasteiger partial charge in [-0.3, -0.25) is 9.69 Å². The normalized spacial score (nSPS) is 29.6. The summed E-state index contributed by atoms with van der Waals surface area (Å²) in [5, 5.41) is 18.8. The lowest BCUT2D eigenvalue weighted by molar-refractivity contribution is -0.119. The van der Waals surface area contributed by atoms with E-state index in [0.717, 1.165) is 31.5 Å². The van der Waals surface area contributed by atoms with Gasteiger partial charge in [-0.15, -0.1) is 0 Å². The number of Topliss-reactive ketones (excluding diaryl/α,β-unsaturated/α-hetero) is 1. The Bertz CT molecular complexity index is 471. The number of phenols is 1. The fraction of sp³-hybridized carbons (Fsp3) is 0.562. The van der Waals surface area contributed by atoms with Crippen LogP contribution in [0.25, 0.3) is 0 Å². The highest BCUT2D eigenvalue weighted by Crippen LogP contribution is 2.37. The molecule has 0 aromatic heterocycles. The minimum absolute atomic E-state index is 0.125. The van der Waals surface area contributed by atoms with Crippen LogP contribution in [0, 0.1) is 11.8 Å². The van der Waals surface area contributed by atoms with E-state index in [4.69, 9.17) is 0 Å². The number of hydrogen-bond donors (Lipinski definition) is 2. The van der Waals surface area contributed by atoms with Gasteiger partial charge < -0.3 is 10.2 Å². The van der Waals surface area contributed by atoms with E-state index in [0.29, 0.717) is 24.8 Å². The Morgan fingerprint density at radius 3 is 2.35 bits per heavy atom. The van der Waals surface area contributed by atoms with Gasteiger partial charge in [0.2, 0.25) is 0 Å². The number of likely N-dealkylation sites (tertiary alicyclic amines) is 1. The highest BCUT2D eigenvalue weighted by atomic mass is 16.3. The second-order valence-electron chi connectivity index (χ2n) is 6.22. The molecule has 4 heteroatoms. The summed E-state index contributed by atoms with van der Waals surface area (Å²) in [7, 11) is 0. The SMILES string of the molecule is O=C(Cc1ccc(O)cc1)CN1C[C@H]2CC(O)C[C@H]2C1. The summed E-state index contributed by atoms with van der Waals surface area (Å²) in [6, 6.07) is 6.82. The number of ketones is 1. The molecule has 4 nitrogen and oxygen atoms in total. The zero-order valence-electron chi connectivity index (χ0n) is 11.5. The van der Waals surface area contributed by atoms with E-state index in [1.54, 1.807) is 24.3 Å². The largest absolute Gasteiger partial charge is 0.508 e. The number of carbonyl (C=O) groups is 1. The van der Waals surface area contributed by atoms with E-state index in [9.17, 15) is 15.0 Å².